The first-order valence-electron chi connectivity index (χ1n) is 6.02. The number of methoxy groups -OCH3 is 1. The van der Waals surface area contributed by atoms with Gasteiger partial charge >= 0.3 is 0 Å². The molecule has 102 valence electrons. The Morgan fingerprint density at radius 1 is 1.21 bits per heavy atom. The van der Waals surface area contributed by atoms with Crippen molar-refractivity contribution in [1.29, 1.82) is 0 Å². The number of nitrogens with one attached hydrogen (secondary N) is 1. The minimum Gasteiger partial charge on any atom is -0.486 e. The molecule has 0 saturated carbocycles. The highest BCUT2D eigenvalue weighted by Crippen LogP contribution is 2.18. The highest BCUT2D eigenvalue weighted by atomic mass is 32.1. The largest absolute Gasteiger partial charge is 0.486 e. The van der Waals surface area contributed by atoms with E-state index in [-0.39, 0.29) is 0 Å². The molecule has 0 atom stereocenters. The van der Waals surface area contributed by atoms with Gasteiger partial charge < -0.3 is 14.8 Å². The first-order valence-corrected chi connectivity index (χ1v) is 6.84. The summed E-state index contributed by atoms with van der Waals surface area (Å²) < 4.78 is 10.7. The number of nitrogens with zero attached hydrogens (tertiary/aromatic N) is 2. The Balaban J connectivity index is 1.85. The van der Waals surface area contributed by atoms with E-state index in [1.54, 1.807) is 7.11 Å². The van der Waals surface area contributed by atoms with Crippen LogP contribution < -0.4 is 10.1 Å². The third kappa shape index (κ3) is 4.18. The molecular weight excluding hydrogens is 262 g/mol. The molecule has 0 aliphatic heterocycles. The van der Waals surface area contributed by atoms with E-state index in [2.05, 4.69) is 15.5 Å². The fourth-order valence-electron chi connectivity index (χ4n) is 1.53. The Hall–Kier alpha value is -1.66. The van der Waals surface area contributed by atoms with Crippen molar-refractivity contribution in [2.75, 3.05) is 26.1 Å². The lowest BCUT2D eigenvalue weighted by molar-refractivity contribution is 0.202. The lowest BCUT2D eigenvalue weighted by atomic mass is 10.1. The lowest BCUT2D eigenvalue weighted by Crippen LogP contribution is -1.96. The average Bonchev–Trinajstić information content (AvgIpc) is 2.92. The molecule has 1 heterocycles. The molecule has 0 saturated heterocycles. The molecule has 1 aromatic carbocycles. The molecular formula is C13H17N3O2S. The highest BCUT2D eigenvalue weighted by Gasteiger charge is 2.03. The maximum absolute atomic E-state index is 5.66. The minimum absolute atomic E-state index is 0.441. The van der Waals surface area contributed by atoms with Crippen LogP contribution >= 0.6 is 11.3 Å². The molecule has 1 aromatic heterocycles. The molecule has 0 radical (unpaired) electrons. The molecule has 6 heteroatoms. The Kier molecular flexibility index (Phi) is 5.11. The number of rotatable bonds is 7. The van der Waals surface area contributed by atoms with Gasteiger partial charge in [-0.15, -0.1) is 10.2 Å². The third-order valence-corrected chi connectivity index (χ3v) is 3.48. The molecule has 0 unspecified atom stereocenters. The van der Waals surface area contributed by atoms with Crippen LogP contribution in [0.1, 0.15) is 10.6 Å². The van der Waals surface area contributed by atoms with Crippen LogP contribution in [0.25, 0.3) is 0 Å². The number of ether oxygens (including phenoxy) is 2. The van der Waals surface area contributed by atoms with Gasteiger partial charge in [-0.05, 0) is 24.1 Å². The number of aromatic nitrogens is 2. The number of anilines is 1. The Bertz CT molecular complexity index is 499. The zero-order valence-corrected chi connectivity index (χ0v) is 11.9. The maximum atomic E-state index is 5.66. The molecule has 0 aliphatic carbocycles. The van der Waals surface area contributed by atoms with E-state index in [1.807, 2.05) is 31.3 Å². The summed E-state index contributed by atoms with van der Waals surface area (Å²) in [4.78, 5) is 0. The zero-order chi connectivity index (χ0) is 13.5. The predicted molar refractivity (Wildman–Crippen MR) is 75.8 cm³/mol. The van der Waals surface area contributed by atoms with Crippen molar-refractivity contribution in [2.45, 2.75) is 13.0 Å². The summed E-state index contributed by atoms with van der Waals surface area (Å²) in [5.41, 5.74) is 1.24. The summed E-state index contributed by atoms with van der Waals surface area (Å²) >= 11 is 1.49. The number of benzene rings is 1. The molecule has 0 amide bonds. The molecule has 0 aliphatic rings. The van der Waals surface area contributed by atoms with Crippen LogP contribution in [0.4, 0.5) is 5.13 Å². The van der Waals surface area contributed by atoms with Gasteiger partial charge in [-0.3, -0.25) is 0 Å². The molecule has 0 bridgehead atoms. The summed E-state index contributed by atoms with van der Waals surface area (Å²) in [7, 11) is 3.53. The number of hydrogen-bond donors (Lipinski definition) is 1. The van der Waals surface area contributed by atoms with Gasteiger partial charge in [-0.1, -0.05) is 23.5 Å². The van der Waals surface area contributed by atoms with Gasteiger partial charge in [0.05, 0.1) is 6.61 Å². The molecule has 0 spiro atoms. The van der Waals surface area contributed by atoms with E-state index in [0.29, 0.717) is 6.61 Å². The second-order valence-corrected chi connectivity index (χ2v) is 4.99. The average molecular weight is 279 g/mol. The molecule has 1 N–H and O–H groups in total. The minimum atomic E-state index is 0.441. The molecule has 5 nitrogen and oxygen atoms in total. The van der Waals surface area contributed by atoms with Gasteiger partial charge in [0.1, 0.15) is 12.4 Å². The highest BCUT2D eigenvalue weighted by molar-refractivity contribution is 7.15. The quantitative estimate of drug-likeness (QED) is 0.843. The Morgan fingerprint density at radius 3 is 2.63 bits per heavy atom. The fourth-order valence-corrected chi connectivity index (χ4v) is 2.14. The van der Waals surface area contributed by atoms with E-state index in [0.717, 1.165) is 28.9 Å². The van der Waals surface area contributed by atoms with Crippen LogP contribution in [0.15, 0.2) is 24.3 Å². The Morgan fingerprint density at radius 2 is 2.00 bits per heavy atom. The molecule has 2 aromatic rings. The van der Waals surface area contributed by atoms with Crippen LogP contribution in [-0.2, 0) is 17.8 Å². The van der Waals surface area contributed by atoms with Crippen molar-refractivity contribution in [1.82, 2.24) is 10.2 Å². The molecule has 2 rings (SSSR count). The summed E-state index contributed by atoms with van der Waals surface area (Å²) in [6.07, 6.45) is 0.915. The summed E-state index contributed by atoms with van der Waals surface area (Å²) in [5, 5.41) is 12.6. The molecule has 0 fully saturated rings. The van der Waals surface area contributed by atoms with Crippen molar-refractivity contribution in [3.05, 3.63) is 34.8 Å². The third-order valence-electron chi connectivity index (χ3n) is 2.56. The lowest BCUT2D eigenvalue weighted by Gasteiger charge is -2.05. The van der Waals surface area contributed by atoms with Crippen molar-refractivity contribution < 1.29 is 9.47 Å². The van der Waals surface area contributed by atoms with E-state index in [1.165, 1.54) is 16.9 Å². The first-order chi connectivity index (χ1) is 9.31. The first kappa shape index (κ1) is 13.8. The van der Waals surface area contributed by atoms with Gasteiger partial charge in [-0.25, -0.2) is 0 Å². The second-order valence-electron chi connectivity index (χ2n) is 3.93. The van der Waals surface area contributed by atoms with Crippen LogP contribution in [0.5, 0.6) is 5.75 Å². The monoisotopic (exact) mass is 279 g/mol. The zero-order valence-electron chi connectivity index (χ0n) is 11.0. The van der Waals surface area contributed by atoms with Crippen LogP contribution in [0.2, 0.25) is 0 Å². The standard InChI is InChI=1S/C13H17N3O2S/c1-14-13-16-15-12(19-13)9-18-11-5-3-10(4-6-11)7-8-17-2/h3-6H,7-9H2,1-2H3,(H,14,16). The Labute approximate surface area is 116 Å². The van der Waals surface area contributed by atoms with Crippen molar-refractivity contribution in [3.8, 4) is 5.75 Å². The van der Waals surface area contributed by atoms with Gasteiger partial charge in [-0.2, -0.15) is 0 Å². The fraction of sp³-hybridized carbons (Fsp3) is 0.385. The summed E-state index contributed by atoms with van der Waals surface area (Å²) in [6.45, 7) is 1.18. The van der Waals surface area contributed by atoms with Gasteiger partial charge in [0, 0.05) is 14.2 Å². The van der Waals surface area contributed by atoms with Crippen molar-refractivity contribution in [3.63, 3.8) is 0 Å². The van der Waals surface area contributed by atoms with Gasteiger partial charge in [0.15, 0.2) is 5.01 Å². The smallest absolute Gasteiger partial charge is 0.205 e. The summed E-state index contributed by atoms with van der Waals surface area (Å²) in [6, 6.07) is 8.02. The summed E-state index contributed by atoms with van der Waals surface area (Å²) in [5.74, 6) is 0.836. The van der Waals surface area contributed by atoms with E-state index < -0.39 is 0 Å². The van der Waals surface area contributed by atoms with E-state index in [9.17, 15) is 0 Å². The van der Waals surface area contributed by atoms with E-state index in [4.69, 9.17) is 9.47 Å². The topological polar surface area (TPSA) is 56.3 Å². The maximum Gasteiger partial charge on any atom is 0.205 e. The van der Waals surface area contributed by atoms with Gasteiger partial charge in [0.2, 0.25) is 5.13 Å². The van der Waals surface area contributed by atoms with Crippen LogP contribution in [0, 0.1) is 0 Å². The van der Waals surface area contributed by atoms with E-state index >= 15 is 0 Å². The SMILES string of the molecule is CNc1nnc(COc2ccc(CCOC)cc2)s1. The van der Waals surface area contributed by atoms with Crippen molar-refractivity contribution in [2.24, 2.45) is 0 Å². The van der Waals surface area contributed by atoms with Crippen LogP contribution in [-0.4, -0.2) is 31.0 Å². The number of hydrogen-bond acceptors (Lipinski definition) is 6. The second kappa shape index (κ2) is 7.06. The predicted octanol–water partition coefficient (Wildman–Crippen LogP) is 2.35. The molecule has 19 heavy (non-hydrogen) atoms. The van der Waals surface area contributed by atoms with Crippen molar-refractivity contribution >= 4 is 16.5 Å². The van der Waals surface area contributed by atoms with Gasteiger partial charge in [0.25, 0.3) is 0 Å². The normalized spacial score (nSPS) is 10.4. The van der Waals surface area contributed by atoms with Crippen LogP contribution in [0.3, 0.4) is 0 Å².